The molecule has 2 atom stereocenters. The highest BCUT2D eigenvalue weighted by atomic mass is 32.1. The van der Waals surface area contributed by atoms with E-state index in [9.17, 15) is 4.79 Å². The smallest absolute Gasteiger partial charge is 0.256 e. The molecule has 0 saturated heterocycles. The van der Waals surface area contributed by atoms with Gasteiger partial charge in [0.1, 0.15) is 11.2 Å². The van der Waals surface area contributed by atoms with Gasteiger partial charge in [0.25, 0.3) is 5.91 Å². The monoisotopic (exact) mass is 372 g/mol. The first-order valence-corrected chi connectivity index (χ1v) is 9.90. The van der Waals surface area contributed by atoms with Crippen LogP contribution in [-0.2, 0) is 12.8 Å². The van der Waals surface area contributed by atoms with E-state index >= 15 is 0 Å². The Balaban J connectivity index is 1.65. The SMILES string of the molecule is CCC1CCc2c(sc3c2C(=O)NC(c2ccc(OC)c(OC)c2)N3)C1. The number of hydrogen-bond donors (Lipinski definition) is 2. The van der Waals surface area contributed by atoms with Crippen molar-refractivity contribution in [1.82, 2.24) is 5.32 Å². The van der Waals surface area contributed by atoms with Crippen molar-refractivity contribution in [2.24, 2.45) is 5.92 Å². The highest BCUT2D eigenvalue weighted by molar-refractivity contribution is 7.16. The topological polar surface area (TPSA) is 59.6 Å². The molecule has 1 aromatic heterocycles. The number of carbonyl (C=O) groups is 1. The van der Waals surface area contributed by atoms with Gasteiger partial charge in [0.15, 0.2) is 11.5 Å². The van der Waals surface area contributed by atoms with Gasteiger partial charge in [0.2, 0.25) is 0 Å². The van der Waals surface area contributed by atoms with Crippen molar-refractivity contribution in [3.05, 3.63) is 39.8 Å². The number of fused-ring (bicyclic) bond motifs is 3. The number of rotatable bonds is 4. The number of hydrogen-bond acceptors (Lipinski definition) is 5. The molecule has 0 fully saturated rings. The maximum absolute atomic E-state index is 12.8. The lowest BCUT2D eigenvalue weighted by Crippen LogP contribution is -2.38. The zero-order valence-corrected chi connectivity index (χ0v) is 16.2. The molecule has 0 bridgehead atoms. The average Bonchev–Trinajstić information content (AvgIpc) is 3.05. The van der Waals surface area contributed by atoms with Gasteiger partial charge in [-0.3, -0.25) is 4.79 Å². The van der Waals surface area contributed by atoms with Gasteiger partial charge in [0.05, 0.1) is 19.8 Å². The molecule has 2 unspecified atom stereocenters. The maximum Gasteiger partial charge on any atom is 0.256 e. The fourth-order valence-corrected chi connectivity index (χ4v) is 5.30. The van der Waals surface area contributed by atoms with Crippen LogP contribution in [0.2, 0.25) is 0 Å². The van der Waals surface area contributed by atoms with E-state index in [1.54, 1.807) is 25.6 Å². The van der Waals surface area contributed by atoms with Crippen molar-refractivity contribution in [2.45, 2.75) is 38.8 Å². The van der Waals surface area contributed by atoms with Crippen LogP contribution in [0.25, 0.3) is 0 Å². The number of anilines is 1. The normalized spacial score (nSPS) is 21.3. The Morgan fingerprint density at radius 3 is 2.73 bits per heavy atom. The lowest BCUT2D eigenvalue weighted by atomic mass is 9.85. The third-order valence-electron chi connectivity index (χ3n) is 5.46. The minimum Gasteiger partial charge on any atom is -0.493 e. The molecule has 0 saturated carbocycles. The number of carbonyl (C=O) groups excluding carboxylic acids is 1. The second-order valence-electron chi connectivity index (χ2n) is 6.89. The molecule has 4 rings (SSSR count). The summed E-state index contributed by atoms with van der Waals surface area (Å²) in [7, 11) is 3.23. The first kappa shape index (κ1) is 17.2. The predicted molar refractivity (Wildman–Crippen MR) is 104 cm³/mol. The molecule has 1 aliphatic heterocycles. The Morgan fingerprint density at radius 1 is 1.19 bits per heavy atom. The van der Waals surface area contributed by atoms with Gasteiger partial charge in [0, 0.05) is 4.88 Å². The average molecular weight is 372 g/mol. The number of benzene rings is 1. The van der Waals surface area contributed by atoms with Crippen molar-refractivity contribution in [3.63, 3.8) is 0 Å². The summed E-state index contributed by atoms with van der Waals surface area (Å²) in [6, 6.07) is 5.72. The van der Waals surface area contributed by atoms with E-state index in [1.807, 2.05) is 18.2 Å². The number of thiophene rings is 1. The Morgan fingerprint density at radius 2 is 2.00 bits per heavy atom. The van der Waals surface area contributed by atoms with Crippen molar-refractivity contribution < 1.29 is 14.3 Å². The van der Waals surface area contributed by atoms with Crippen LogP contribution in [0.5, 0.6) is 11.5 Å². The van der Waals surface area contributed by atoms with Crippen LogP contribution in [0.15, 0.2) is 18.2 Å². The minimum atomic E-state index is -0.267. The summed E-state index contributed by atoms with van der Waals surface area (Å²) >= 11 is 1.75. The second kappa shape index (κ2) is 6.83. The van der Waals surface area contributed by atoms with E-state index < -0.39 is 0 Å². The molecule has 0 radical (unpaired) electrons. The van der Waals surface area contributed by atoms with Crippen molar-refractivity contribution in [3.8, 4) is 11.5 Å². The van der Waals surface area contributed by atoms with E-state index in [1.165, 1.54) is 23.3 Å². The largest absolute Gasteiger partial charge is 0.493 e. The molecular weight excluding hydrogens is 348 g/mol. The van der Waals surface area contributed by atoms with E-state index in [2.05, 4.69) is 17.6 Å². The third kappa shape index (κ3) is 2.82. The molecule has 138 valence electrons. The minimum absolute atomic E-state index is 0.0194. The fraction of sp³-hybridized carbons (Fsp3) is 0.450. The summed E-state index contributed by atoms with van der Waals surface area (Å²) in [6.45, 7) is 2.25. The molecule has 2 N–H and O–H groups in total. The number of ether oxygens (including phenoxy) is 2. The zero-order chi connectivity index (χ0) is 18.3. The molecule has 2 aromatic rings. The van der Waals surface area contributed by atoms with Crippen LogP contribution in [0.4, 0.5) is 5.00 Å². The Kier molecular flexibility index (Phi) is 4.53. The molecule has 2 aliphatic rings. The molecular formula is C20H24N2O3S. The predicted octanol–water partition coefficient (Wildman–Crippen LogP) is 4.13. The van der Waals surface area contributed by atoms with Crippen LogP contribution >= 0.6 is 11.3 Å². The van der Waals surface area contributed by atoms with Crippen molar-refractivity contribution in [2.75, 3.05) is 19.5 Å². The molecule has 26 heavy (non-hydrogen) atoms. The number of amides is 1. The summed E-state index contributed by atoms with van der Waals surface area (Å²) in [6.07, 6.45) is 4.22. The summed E-state index contributed by atoms with van der Waals surface area (Å²) in [4.78, 5) is 14.2. The Bertz CT molecular complexity index is 846. The van der Waals surface area contributed by atoms with Gasteiger partial charge in [-0.1, -0.05) is 19.4 Å². The fourth-order valence-electron chi connectivity index (χ4n) is 3.91. The van der Waals surface area contributed by atoms with Gasteiger partial charge >= 0.3 is 0 Å². The first-order chi connectivity index (χ1) is 12.6. The van der Waals surface area contributed by atoms with Crippen LogP contribution in [0.3, 0.4) is 0 Å². The number of methoxy groups -OCH3 is 2. The Labute approximate surface area is 157 Å². The van der Waals surface area contributed by atoms with Crippen LogP contribution in [-0.4, -0.2) is 20.1 Å². The molecule has 1 aliphatic carbocycles. The maximum atomic E-state index is 12.8. The van der Waals surface area contributed by atoms with Crippen LogP contribution in [0.1, 0.15) is 52.3 Å². The Hall–Kier alpha value is -2.21. The highest BCUT2D eigenvalue weighted by Crippen LogP contribution is 2.43. The van der Waals surface area contributed by atoms with Gasteiger partial charge in [-0.15, -0.1) is 11.3 Å². The third-order valence-corrected chi connectivity index (χ3v) is 6.65. The van der Waals surface area contributed by atoms with Gasteiger partial charge in [-0.25, -0.2) is 0 Å². The van der Waals surface area contributed by atoms with E-state index in [4.69, 9.17) is 9.47 Å². The molecule has 5 nitrogen and oxygen atoms in total. The summed E-state index contributed by atoms with van der Waals surface area (Å²) < 4.78 is 10.7. The van der Waals surface area contributed by atoms with Gasteiger partial charge in [-0.05, 0) is 48.4 Å². The van der Waals surface area contributed by atoms with Crippen molar-refractivity contribution in [1.29, 1.82) is 0 Å². The highest BCUT2D eigenvalue weighted by Gasteiger charge is 2.33. The zero-order valence-electron chi connectivity index (χ0n) is 15.3. The van der Waals surface area contributed by atoms with E-state index in [-0.39, 0.29) is 12.1 Å². The van der Waals surface area contributed by atoms with Crippen LogP contribution in [0, 0.1) is 5.92 Å². The lowest BCUT2D eigenvalue weighted by molar-refractivity contribution is 0.0935. The molecule has 2 heterocycles. The molecule has 6 heteroatoms. The van der Waals surface area contributed by atoms with Crippen molar-refractivity contribution >= 4 is 22.2 Å². The molecule has 1 amide bonds. The number of nitrogens with one attached hydrogen (secondary N) is 2. The standard InChI is InChI=1S/C20H24N2O3S/c1-4-11-5-7-13-16(9-11)26-20-17(13)19(23)21-18(22-20)12-6-8-14(24-2)15(10-12)25-3/h6,8,10-11,18,22H,4-5,7,9H2,1-3H3,(H,21,23). The quantitative estimate of drug-likeness (QED) is 0.847. The van der Waals surface area contributed by atoms with Gasteiger partial charge < -0.3 is 20.1 Å². The van der Waals surface area contributed by atoms with E-state index in [0.717, 1.165) is 34.9 Å². The first-order valence-electron chi connectivity index (χ1n) is 9.08. The summed E-state index contributed by atoms with van der Waals surface area (Å²) in [5, 5.41) is 7.61. The lowest BCUT2D eigenvalue weighted by Gasteiger charge is -2.27. The van der Waals surface area contributed by atoms with Gasteiger partial charge in [-0.2, -0.15) is 0 Å². The van der Waals surface area contributed by atoms with E-state index in [0.29, 0.717) is 11.5 Å². The summed E-state index contributed by atoms with van der Waals surface area (Å²) in [5.41, 5.74) is 3.06. The second-order valence-corrected chi connectivity index (χ2v) is 8.00. The summed E-state index contributed by atoms with van der Waals surface area (Å²) in [5.74, 6) is 2.10. The molecule has 0 spiro atoms. The molecule has 1 aromatic carbocycles. The van der Waals surface area contributed by atoms with Crippen LogP contribution < -0.4 is 20.1 Å².